The topological polar surface area (TPSA) is 97.2 Å². The standard InChI is InChI=1S/C20H20N4O3S/c1-20(2,3)23-19-22-16(13-9-11-15(12-10-13)24(26)27)17(28-19)18(25)21-14-7-5-4-6-8-14/h4-12H,1-3H3,(H,21,25)(H,22,23). The molecule has 8 heteroatoms. The van der Waals surface area contributed by atoms with E-state index in [1.165, 1.54) is 23.5 Å². The zero-order valence-corrected chi connectivity index (χ0v) is 16.5. The summed E-state index contributed by atoms with van der Waals surface area (Å²) in [6.45, 7) is 6.01. The largest absolute Gasteiger partial charge is 0.357 e. The molecule has 2 aromatic carbocycles. The molecular weight excluding hydrogens is 376 g/mol. The number of rotatable bonds is 5. The fraction of sp³-hybridized carbons (Fsp3) is 0.200. The molecule has 0 bridgehead atoms. The number of carbonyl (C=O) groups is 1. The highest BCUT2D eigenvalue weighted by Gasteiger charge is 2.22. The number of nitro groups is 1. The van der Waals surface area contributed by atoms with E-state index in [0.29, 0.717) is 27.0 Å². The highest BCUT2D eigenvalue weighted by Crippen LogP contribution is 2.33. The van der Waals surface area contributed by atoms with E-state index in [4.69, 9.17) is 0 Å². The smallest absolute Gasteiger partial charge is 0.269 e. The summed E-state index contributed by atoms with van der Waals surface area (Å²) < 4.78 is 0. The Labute approximate surface area is 166 Å². The minimum atomic E-state index is -0.458. The van der Waals surface area contributed by atoms with Crippen LogP contribution in [0, 0.1) is 10.1 Å². The number of amides is 1. The van der Waals surface area contributed by atoms with Crippen molar-refractivity contribution in [1.82, 2.24) is 4.98 Å². The highest BCUT2D eigenvalue weighted by atomic mass is 32.1. The Morgan fingerprint density at radius 2 is 1.71 bits per heavy atom. The lowest BCUT2D eigenvalue weighted by Gasteiger charge is -2.19. The van der Waals surface area contributed by atoms with E-state index in [0.717, 1.165) is 0 Å². The van der Waals surface area contributed by atoms with Gasteiger partial charge in [0.2, 0.25) is 0 Å². The maximum absolute atomic E-state index is 12.9. The lowest BCUT2D eigenvalue weighted by molar-refractivity contribution is -0.384. The minimum absolute atomic E-state index is 0.0118. The molecule has 1 aromatic heterocycles. The van der Waals surface area contributed by atoms with Gasteiger partial charge in [0.15, 0.2) is 5.13 Å². The van der Waals surface area contributed by atoms with Gasteiger partial charge in [0.05, 0.1) is 10.6 Å². The molecule has 3 rings (SSSR count). The first-order valence-electron chi connectivity index (χ1n) is 8.63. The van der Waals surface area contributed by atoms with Gasteiger partial charge < -0.3 is 10.6 Å². The van der Waals surface area contributed by atoms with Crippen molar-refractivity contribution >= 4 is 33.8 Å². The SMILES string of the molecule is CC(C)(C)Nc1nc(-c2ccc([N+](=O)[O-])cc2)c(C(=O)Nc2ccccc2)s1. The predicted octanol–water partition coefficient (Wildman–Crippen LogP) is 5.18. The van der Waals surface area contributed by atoms with E-state index in [-0.39, 0.29) is 17.1 Å². The van der Waals surface area contributed by atoms with Crippen molar-refractivity contribution in [2.45, 2.75) is 26.3 Å². The van der Waals surface area contributed by atoms with Crippen LogP contribution in [-0.4, -0.2) is 21.4 Å². The average Bonchev–Trinajstić information content (AvgIpc) is 3.04. The predicted molar refractivity (Wildman–Crippen MR) is 112 cm³/mol. The number of nitrogens with one attached hydrogen (secondary N) is 2. The van der Waals surface area contributed by atoms with Crippen molar-refractivity contribution in [3.05, 3.63) is 69.6 Å². The number of thiazole rings is 1. The van der Waals surface area contributed by atoms with Gasteiger partial charge in [-0.2, -0.15) is 0 Å². The van der Waals surface area contributed by atoms with Crippen LogP contribution in [0.25, 0.3) is 11.3 Å². The number of carbonyl (C=O) groups excluding carboxylic acids is 1. The molecule has 28 heavy (non-hydrogen) atoms. The van der Waals surface area contributed by atoms with Crippen molar-refractivity contribution in [3.63, 3.8) is 0 Å². The first-order chi connectivity index (χ1) is 13.2. The molecule has 3 aromatic rings. The van der Waals surface area contributed by atoms with E-state index in [2.05, 4.69) is 15.6 Å². The Hall–Kier alpha value is -3.26. The molecule has 0 aliphatic carbocycles. The van der Waals surface area contributed by atoms with Crippen LogP contribution in [-0.2, 0) is 0 Å². The third-order valence-corrected chi connectivity index (χ3v) is 4.67. The summed E-state index contributed by atoms with van der Waals surface area (Å²) in [6, 6.07) is 15.2. The van der Waals surface area contributed by atoms with Crippen molar-refractivity contribution < 1.29 is 9.72 Å². The molecule has 0 aliphatic heterocycles. The number of nitrogens with zero attached hydrogens (tertiary/aromatic N) is 2. The third kappa shape index (κ3) is 4.72. The molecule has 0 aliphatic rings. The van der Waals surface area contributed by atoms with Crippen LogP contribution in [0.2, 0.25) is 0 Å². The quantitative estimate of drug-likeness (QED) is 0.457. The molecule has 0 radical (unpaired) electrons. The normalized spacial score (nSPS) is 11.1. The maximum atomic E-state index is 12.9. The van der Waals surface area contributed by atoms with Gasteiger partial charge >= 0.3 is 0 Å². The lowest BCUT2D eigenvalue weighted by atomic mass is 10.1. The van der Waals surface area contributed by atoms with Gasteiger partial charge in [-0.05, 0) is 45.0 Å². The summed E-state index contributed by atoms with van der Waals surface area (Å²) >= 11 is 1.25. The summed E-state index contributed by atoms with van der Waals surface area (Å²) in [5.41, 5.74) is 1.57. The van der Waals surface area contributed by atoms with Gasteiger partial charge in [-0.15, -0.1) is 0 Å². The van der Waals surface area contributed by atoms with Crippen LogP contribution in [0.5, 0.6) is 0 Å². The summed E-state index contributed by atoms with van der Waals surface area (Å²) in [4.78, 5) is 28.3. The number of benzene rings is 2. The summed E-state index contributed by atoms with van der Waals surface area (Å²) in [7, 11) is 0. The number of anilines is 2. The fourth-order valence-corrected chi connectivity index (χ4v) is 3.59. The molecule has 0 saturated carbocycles. The Morgan fingerprint density at radius 3 is 2.29 bits per heavy atom. The summed E-state index contributed by atoms with van der Waals surface area (Å²) in [6.07, 6.45) is 0. The molecule has 7 nitrogen and oxygen atoms in total. The van der Waals surface area contributed by atoms with Gasteiger partial charge in [-0.3, -0.25) is 14.9 Å². The zero-order valence-electron chi connectivity index (χ0n) is 15.7. The van der Waals surface area contributed by atoms with Gasteiger partial charge in [0.25, 0.3) is 11.6 Å². The van der Waals surface area contributed by atoms with Crippen LogP contribution >= 0.6 is 11.3 Å². The second-order valence-electron chi connectivity index (χ2n) is 7.20. The van der Waals surface area contributed by atoms with Crippen LogP contribution in [0.1, 0.15) is 30.4 Å². The van der Waals surface area contributed by atoms with Crippen molar-refractivity contribution in [2.24, 2.45) is 0 Å². The zero-order chi connectivity index (χ0) is 20.3. The number of nitro benzene ring substituents is 1. The average molecular weight is 396 g/mol. The van der Waals surface area contributed by atoms with E-state index in [1.807, 2.05) is 39.0 Å². The number of para-hydroxylation sites is 1. The van der Waals surface area contributed by atoms with Crippen molar-refractivity contribution in [2.75, 3.05) is 10.6 Å². The van der Waals surface area contributed by atoms with Crippen molar-refractivity contribution in [3.8, 4) is 11.3 Å². The van der Waals surface area contributed by atoms with Gasteiger partial charge in [-0.25, -0.2) is 4.98 Å². The van der Waals surface area contributed by atoms with Crippen LogP contribution in [0.4, 0.5) is 16.5 Å². The molecule has 0 fully saturated rings. The van der Waals surface area contributed by atoms with Crippen molar-refractivity contribution in [1.29, 1.82) is 0 Å². The fourth-order valence-electron chi connectivity index (χ4n) is 2.49. The van der Waals surface area contributed by atoms with Gasteiger partial charge in [-0.1, -0.05) is 29.5 Å². The summed E-state index contributed by atoms with van der Waals surface area (Å²) in [5, 5.41) is 17.7. The Bertz CT molecular complexity index is 993. The third-order valence-electron chi connectivity index (χ3n) is 3.70. The Kier molecular flexibility index (Phi) is 5.41. The number of hydrogen-bond acceptors (Lipinski definition) is 6. The molecule has 144 valence electrons. The Balaban J connectivity index is 1.99. The molecule has 1 amide bonds. The monoisotopic (exact) mass is 396 g/mol. The van der Waals surface area contributed by atoms with Gasteiger partial charge in [0, 0.05) is 28.9 Å². The molecule has 0 unspecified atom stereocenters. The number of non-ortho nitro benzene ring substituents is 1. The van der Waals surface area contributed by atoms with Crippen LogP contribution in [0.3, 0.4) is 0 Å². The number of aromatic nitrogens is 1. The summed E-state index contributed by atoms with van der Waals surface area (Å²) in [5.74, 6) is -0.279. The second-order valence-corrected chi connectivity index (χ2v) is 8.19. The molecule has 2 N–H and O–H groups in total. The van der Waals surface area contributed by atoms with E-state index in [1.54, 1.807) is 24.3 Å². The van der Waals surface area contributed by atoms with E-state index in [9.17, 15) is 14.9 Å². The molecule has 0 atom stereocenters. The van der Waals surface area contributed by atoms with E-state index < -0.39 is 4.92 Å². The first kappa shape index (κ1) is 19.5. The lowest BCUT2D eigenvalue weighted by Crippen LogP contribution is -2.25. The molecule has 0 saturated heterocycles. The maximum Gasteiger partial charge on any atom is 0.269 e. The molecule has 1 heterocycles. The first-order valence-corrected chi connectivity index (χ1v) is 9.45. The highest BCUT2D eigenvalue weighted by molar-refractivity contribution is 7.18. The van der Waals surface area contributed by atoms with Crippen LogP contribution in [0.15, 0.2) is 54.6 Å². The minimum Gasteiger partial charge on any atom is -0.357 e. The van der Waals surface area contributed by atoms with Gasteiger partial charge in [0.1, 0.15) is 4.88 Å². The number of hydrogen-bond donors (Lipinski definition) is 2. The molecular formula is C20H20N4O3S. The van der Waals surface area contributed by atoms with Crippen LogP contribution < -0.4 is 10.6 Å². The Morgan fingerprint density at radius 1 is 1.07 bits per heavy atom. The molecule has 0 spiro atoms. The van der Waals surface area contributed by atoms with E-state index >= 15 is 0 Å². The second kappa shape index (κ2) is 7.77.